The molecule has 134 valence electrons. The molecule has 1 unspecified atom stereocenters. The summed E-state index contributed by atoms with van der Waals surface area (Å²) < 4.78 is 32.0. The Labute approximate surface area is 144 Å². The van der Waals surface area contributed by atoms with Crippen molar-refractivity contribution in [1.82, 2.24) is 14.2 Å². The number of rotatable bonds is 6. The van der Waals surface area contributed by atoms with Crippen molar-refractivity contribution in [2.75, 3.05) is 38.6 Å². The van der Waals surface area contributed by atoms with Crippen molar-refractivity contribution in [2.24, 2.45) is 0 Å². The van der Waals surface area contributed by atoms with Gasteiger partial charge in [0.05, 0.1) is 36.4 Å². The predicted octanol–water partition coefficient (Wildman–Crippen LogP) is 1.79. The van der Waals surface area contributed by atoms with Crippen LogP contribution in [0.15, 0.2) is 18.2 Å². The first-order valence-electron chi connectivity index (χ1n) is 8.85. The lowest BCUT2D eigenvalue weighted by Gasteiger charge is -2.27. The third kappa shape index (κ3) is 4.14. The first-order chi connectivity index (χ1) is 11.6. The van der Waals surface area contributed by atoms with Gasteiger partial charge in [-0.05, 0) is 31.4 Å². The van der Waals surface area contributed by atoms with Gasteiger partial charge in [0.25, 0.3) is 0 Å². The van der Waals surface area contributed by atoms with Crippen molar-refractivity contribution < 1.29 is 13.2 Å². The molecule has 0 N–H and O–H groups in total. The molecule has 6 nitrogen and oxygen atoms in total. The molecule has 0 spiro atoms. The Balaban J connectivity index is 1.75. The Kier molecular flexibility index (Phi) is 5.86. The van der Waals surface area contributed by atoms with E-state index in [1.165, 1.54) is 0 Å². The zero-order chi connectivity index (χ0) is 17.0. The highest BCUT2D eigenvalue weighted by Gasteiger charge is 2.35. The summed E-state index contributed by atoms with van der Waals surface area (Å²) in [5.74, 6) is 0.219. The standard InChI is InChI=1S/C17H27N3O3S/c1-2-13-24(21,22)20-8-4-7-17(20)16-6-3-5-15(18-16)14-19-9-11-23-12-10-19/h3,5-6,17H,2,4,7-14H2,1H3. The highest BCUT2D eigenvalue weighted by molar-refractivity contribution is 7.89. The topological polar surface area (TPSA) is 62.7 Å². The Morgan fingerprint density at radius 3 is 2.79 bits per heavy atom. The molecule has 0 bridgehead atoms. The van der Waals surface area contributed by atoms with Crippen LogP contribution in [0.3, 0.4) is 0 Å². The van der Waals surface area contributed by atoms with E-state index in [9.17, 15) is 8.42 Å². The van der Waals surface area contributed by atoms with Gasteiger partial charge in [-0.2, -0.15) is 4.31 Å². The molecule has 0 aliphatic carbocycles. The zero-order valence-electron chi connectivity index (χ0n) is 14.4. The van der Waals surface area contributed by atoms with E-state index in [4.69, 9.17) is 9.72 Å². The third-order valence-electron chi connectivity index (χ3n) is 4.68. The first kappa shape index (κ1) is 17.8. The molecule has 24 heavy (non-hydrogen) atoms. The molecule has 1 atom stereocenters. The number of ether oxygens (including phenoxy) is 1. The van der Waals surface area contributed by atoms with Crippen LogP contribution in [0.5, 0.6) is 0 Å². The van der Waals surface area contributed by atoms with Crippen LogP contribution in [-0.2, 0) is 21.3 Å². The Hall–Kier alpha value is -1.02. The summed E-state index contributed by atoms with van der Waals surface area (Å²) in [6, 6.07) is 5.89. The second-order valence-corrected chi connectivity index (χ2v) is 8.57. The zero-order valence-corrected chi connectivity index (χ0v) is 15.2. The summed E-state index contributed by atoms with van der Waals surface area (Å²) in [4.78, 5) is 7.11. The van der Waals surface area contributed by atoms with E-state index in [-0.39, 0.29) is 11.8 Å². The molecule has 2 aliphatic heterocycles. The Bertz CT molecular complexity index is 644. The van der Waals surface area contributed by atoms with Gasteiger partial charge >= 0.3 is 0 Å². The summed E-state index contributed by atoms with van der Waals surface area (Å²) in [5.41, 5.74) is 1.90. The molecule has 1 aromatic heterocycles. The first-order valence-corrected chi connectivity index (χ1v) is 10.5. The molecule has 3 rings (SSSR count). The van der Waals surface area contributed by atoms with Gasteiger partial charge in [0.15, 0.2) is 0 Å². The Morgan fingerprint density at radius 2 is 2.04 bits per heavy atom. The molecular formula is C17H27N3O3S. The molecule has 1 aromatic rings. The number of hydrogen-bond donors (Lipinski definition) is 0. The fraction of sp³-hybridized carbons (Fsp3) is 0.706. The van der Waals surface area contributed by atoms with E-state index < -0.39 is 10.0 Å². The summed E-state index contributed by atoms with van der Waals surface area (Å²) in [6.45, 7) is 6.70. The van der Waals surface area contributed by atoms with Gasteiger partial charge in [-0.25, -0.2) is 8.42 Å². The average Bonchev–Trinajstić information content (AvgIpc) is 3.07. The van der Waals surface area contributed by atoms with Crippen molar-refractivity contribution in [3.8, 4) is 0 Å². The van der Waals surface area contributed by atoms with Crippen LogP contribution in [0.4, 0.5) is 0 Å². The van der Waals surface area contributed by atoms with Crippen molar-refractivity contribution in [1.29, 1.82) is 0 Å². The minimum absolute atomic E-state index is 0.105. The van der Waals surface area contributed by atoms with E-state index in [1.807, 2.05) is 25.1 Å². The van der Waals surface area contributed by atoms with Crippen LogP contribution in [0, 0.1) is 0 Å². The number of sulfonamides is 1. The highest BCUT2D eigenvalue weighted by atomic mass is 32.2. The maximum atomic E-state index is 12.5. The molecule has 2 saturated heterocycles. The second kappa shape index (κ2) is 7.91. The van der Waals surface area contributed by atoms with Crippen LogP contribution in [-0.4, -0.2) is 61.2 Å². The van der Waals surface area contributed by atoms with Gasteiger partial charge in [0.2, 0.25) is 10.0 Å². The summed E-state index contributed by atoms with van der Waals surface area (Å²) in [5, 5.41) is 0. The average molecular weight is 353 g/mol. The van der Waals surface area contributed by atoms with Gasteiger partial charge in [-0.15, -0.1) is 0 Å². The van der Waals surface area contributed by atoms with E-state index in [2.05, 4.69) is 4.90 Å². The molecule has 0 aromatic carbocycles. The minimum Gasteiger partial charge on any atom is -0.379 e. The van der Waals surface area contributed by atoms with E-state index >= 15 is 0 Å². The quantitative estimate of drug-likeness (QED) is 0.780. The van der Waals surface area contributed by atoms with Crippen LogP contribution in [0.2, 0.25) is 0 Å². The van der Waals surface area contributed by atoms with Gasteiger partial charge in [0.1, 0.15) is 0 Å². The van der Waals surface area contributed by atoms with E-state index in [0.29, 0.717) is 13.0 Å². The maximum Gasteiger partial charge on any atom is 0.214 e. The number of pyridine rings is 1. The van der Waals surface area contributed by atoms with Crippen molar-refractivity contribution in [3.63, 3.8) is 0 Å². The molecule has 0 saturated carbocycles. The molecule has 3 heterocycles. The van der Waals surface area contributed by atoms with Crippen LogP contribution in [0.25, 0.3) is 0 Å². The fourth-order valence-electron chi connectivity index (χ4n) is 3.50. The summed E-state index contributed by atoms with van der Waals surface area (Å²) in [7, 11) is -3.18. The summed E-state index contributed by atoms with van der Waals surface area (Å²) in [6.07, 6.45) is 2.41. The van der Waals surface area contributed by atoms with Crippen LogP contribution in [0.1, 0.15) is 43.6 Å². The number of nitrogens with zero attached hydrogens (tertiary/aromatic N) is 3. The number of aromatic nitrogens is 1. The monoisotopic (exact) mass is 353 g/mol. The molecule has 2 fully saturated rings. The minimum atomic E-state index is -3.18. The molecular weight excluding hydrogens is 326 g/mol. The van der Waals surface area contributed by atoms with Crippen LogP contribution < -0.4 is 0 Å². The number of morpholine rings is 1. The van der Waals surface area contributed by atoms with Gasteiger partial charge in [-0.1, -0.05) is 13.0 Å². The predicted molar refractivity (Wildman–Crippen MR) is 93.1 cm³/mol. The normalized spacial score (nSPS) is 23.6. The van der Waals surface area contributed by atoms with Gasteiger partial charge in [0, 0.05) is 26.2 Å². The smallest absolute Gasteiger partial charge is 0.214 e. The SMILES string of the molecule is CCCS(=O)(=O)N1CCCC1c1cccc(CN2CCOCC2)n1. The third-order valence-corrected chi connectivity index (χ3v) is 6.76. The van der Waals surface area contributed by atoms with Crippen molar-refractivity contribution >= 4 is 10.0 Å². The lowest BCUT2D eigenvalue weighted by Crippen LogP contribution is -2.36. The van der Waals surface area contributed by atoms with Gasteiger partial charge in [-0.3, -0.25) is 9.88 Å². The second-order valence-electron chi connectivity index (χ2n) is 6.53. The highest BCUT2D eigenvalue weighted by Crippen LogP contribution is 2.33. The van der Waals surface area contributed by atoms with Crippen molar-refractivity contribution in [2.45, 2.75) is 38.8 Å². The van der Waals surface area contributed by atoms with Gasteiger partial charge < -0.3 is 4.74 Å². The largest absolute Gasteiger partial charge is 0.379 e. The molecule has 2 aliphatic rings. The number of hydrogen-bond acceptors (Lipinski definition) is 5. The lowest BCUT2D eigenvalue weighted by molar-refractivity contribution is 0.0336. The van der Waals surface area contributed by atoms with Crippen molar-refractivity contribution in [3.05, 3.63) is 29.6 Å². The van der Waals surface area contributed by atoms with Crippen LogP contribution >= 0.6 is 0 Å². The lowest BCUT2D eigenvalue weighted by atomic mass is 10.1. The fourth-order valence-corrected chi connectivity index (χ4v) is 5.26. The van der Waals surface area contributed by atoms with E-state index in [0.717, 1.165) is 57.1 Å². The molecule has 0 amide bonds. The molecule has 0 radical (unpaired) electrons. The molecule has 7 heteroatoms. The van der Waals surface area contributed by atoms with E-state index in [1.54, 1.807) is 4.31 Å². The maximum absolute atomic E-state index is 12.5. The summed E-state index contributed by atoms with van der Waals surface area (Å²) >= 11 is 0. The Morgan fingerprint density at radius 1 is 1.25 bits per heavy atom.